The number of hydrogen-bond donors (Lipinski definition) is 0. The van der Waals surface area contributed by atoms with Crippen molar-refractivity contribution in [2.45, 2.75) is 30.9 Å². The molecular formula is C13H12O5. The summed E-state index contributed by atoms with van der Waals surface area (Å²) in [6.07, 6.45) is -2.39. The van der Waals surface area contributed by atoms with Gasteiger partial charge in [-0.25, -0.2) is 0 Å². The van der Waals surface area contributed by atoms with Crippen molar-refractivity contribution in [2.24, 2.45) is 0 Å². The Hall–Kier alpha value is -1.27. The van der Waals surface area contributed by atoms with Crippen molar-refractivity contribution in [3.05, 3.63) is 35.9 Å². The quantitative estimate of drug-likeness (QED) is 0.735. The molecule has 5 heteroatoms. The molecule has 5 atom stereocenters. The first-order chi connectivity index (χ1) is 8.83. The van der Waals surface area contributed by atoms with E-state index in [-0.39, 0.29) is 18.0 Å². The minimum Gasteiger partial charge on any atom is -0.343 e. The van der Waals surface area contributed by atoms with Crippen LogP contribution >= 0.6 is 0 Å². The van der Waals surface area contributed by atoms with E-state index >= 15 is 0 Å². The van der Waals surface area contributed by atoms with Crippen LogP contribution < -0.4 is 0 Å². The van der Waals surface area contributed by atoms with Crippen LogP contribution in [-0.4, -0.2) is 37.0 Å². The maximum absolute atomic E-state index is 12.0. The third-order valence-corrected chi connectivity index (χ3v) is 3.51. The fourth-order valence-electron chi connectivity index (χ4n) is 2.61. The SMILES string of the molecule is O=C1[C@H]2OC[C@@H](O2)[C@H]2OC(c3ccccc3)O[C@@H]12. The molecule has 3 aliphatic heterocycles. The highest BCUT2D eigenvalue weighted by Gasteiger charge is 2.56. The van der Waals surface area contributed by atoms with Crippen LogP contribution in [0.1, 0.15) is 11.9 Å². The summed E-state index contributed by atoms with van der Waals surface area (Å²) in [5, 5.41) is 0. The standard InChI is InChI=1S/C13H12O5/c14-9-11-10(8-6-15-13(9)16-8)17-12(18-11)7-4-2-1-3-5-7/h1-5,8,10-13H,6H2/t8-,10-,11+,12?,13+/m1/s1. The molecule has 4 rings (SSSR count). The van der Waals surface area contributed by atoms with Crippen molar-refractivity contribution in [3.63, 3.8) is 0 Å². The summed E-state index contributed by atoms with van der Waals surface area (Å²) in [6.45, 7) is 0.391. The van der Waals surface area contributed by atoms with Crippen molar-refractivity contribution in [2.75, 3.05) is 6.61 Å². The van der Waals surface area contributed by atoms with Crippen LogP contribution in [-0.2, 0) is 23.7 Å². The Morgan fingerprint density at radius 2 is 1.83 bits per heavy atom. The number of fused-ring (bicyclic) bond motifs is 4. The molecule has 3 saturated heterocycles. The molecule has 1 aromatic carbocycles. The van der Waals surface area contributed by atoms with E-state index in [0.717, 1.165) is 5.56 Å². The minimum absolute atomic E-state index is 0.174. The van der Waals surface area contributed by atoms with Crippen LogP contribution in [0.25, 0.3) is 0 Å². The normalized spacial score (nSPS) is 42.0. The van der Waals surface area contributed by atoms with Crippen molar-refractivity contribution in [3.8, 4) is 0 Å². The first-order valence-electron chi connectivity index (χ1n) is 5.99. The molecule has 1 aromatic rings. The zero-order chi connectivity index (χ0) is 12.1. The van der Waals surface area contributed by atoms with Crippen LogP contribution in [0.2, 0.25) is 0 Å². The Morgan fingerprint density at radius 1 is 1.00 bits per heavy atom. The number of Topliss-reactive ketones (excluding diaryl/α,β-unsaturated/α-hetero) is 1. The number of benzene rings is 1. The second-order valence-corrected chi connectivity index (χ2v) is 4.64. The van der Waals surface area contributed by atoms with Gasteiger partial charge in [0.25, 0.3) is 0 Å². The summed E-state index contributed by atoms with van der Waals surface area (Å²) in [5.41, 5.74) is 0.913. The number of ketones is 1. The first kappa shape index (κ1) is 10.6. The maximum Gasteiger partial charge on any atom is 0.221 e. The number of carbonyl (C=O) groups excluding carboxylic acids is 1. The van der Waals surface area contributed by atoms with Gasteiger partial charge in [-0.2, -0.15) is 0 Å². The lowest BCUT2D eigenvalue weighted by Crippen LogP contribution is -2.49. The van der Waals surface area contributed by atoms with Gasteiger partial charge in [-0.15, -0.1) is 0 Å². The van der Waals surface area contributed by atoms with Gasteiger partial charge in [0, 0.05) is 5.56 Å². The molecule has 2 bridgehead atoms. The van der Waals surface area contributed by atoms with Gasteiger partial charge in [0.1, 0.15) is 12.2 Å². The maximum atomic E-state index is 12.0. The Morgan fingerprint density at radius 3 is 2.67 bits per heavy atom. The van der Waals surface area contributed by atoms with E-state index in [1.54, 1.807) is 0 Å². The molecule has 0 aromatic heterocycles. The van der Waals surface area contributed by atoms with E-state index in [9.17, 15) is 4.79 Å². The average molecular weight is 248 g/mol. The molecule has 3 fully saturated rings. The van der Waals surface area contributed by atoms with Gasteiger partial charge in [0.15, 0.2) is 12.4 Å². The van der Waals surface area contributed by atoms with E-state index < -0.39 is 18.7 Å². The Labute approximate surface area is 104 Å². The van der Waals surface area contributed by atoms with Gasteiger partial charge in [-0.05, 0) is 0 Å². The lowest BCUT2D eigenvalue weighted by Gasteiger charge is -2.25. The summed E-state index contributed by atoms with van der Waals surface area (Å²) in [7, 11) is 0. The monoisotopic (exact) mass is 248 g/mol. The molecule has 94 valence electrons. The van der Waals surface area contributed by atoms with Crippen molar-refractivity contribution in [1.29, 1.82) is 0 Å². The zero-order valence-electron chi connectivity index (χ0n) is 9.52. The molecule has 0 saturated carbocycles. The minimum atomic E-state index is -0.769. The van der Waals surface area contributed by atoms with Crippen molar-refractivity contribution >= 4 is 5.78 Å². The van der Waals surface area contributed by atoms with Crippen molar-refractivity contribution in [1.82, 2.24) is 0 Å². The van der Waals surface area contributed by atoms with Crippen molar-refractivity contribution < 1.29 is 23.7 Å². The molecule has 0 radical (unpaired) electrons. The molecule has 0 amide bonds. The van der Waals surface area contributed by atoms with E-state index in [0.29, 0.717) is 6.61 Å². The number of rotatable bonds is 1. The van der Waals surface area contributed by atoms with Gasteiger partial charge in [0.05, 0.1) is 6.61 Å². The van der Waals surface area contributed by atoms with E-state index in [2.05, 4.69) is 0 Å². The molecule has 0 aliphatic carbocycles. The highest BCUT2D eigenvalue weighted by molar-refractivity contribution is 5.88. The zero-order valence-corrected chi connectivity index (χ0v) is 9.52. The third-order valence-electron chi connectivity index (χ3n) is 3.51. The smallest absolute Gasteiger partial charge is 0.221 e. The number of ether oxygens (including phenoxy) is 4. The fourth-order valence-corrected chi connectivity index (χ4v) is 2.61. The third kappa shape index (κ3) is 1.45. The Bertz CT molecular complexity index is 474. The predicted molar refractivity (Wildman–Crippen MR) is 58.5 cm³/mol. The van der Waals surface area contributed by atoms with Gasteiger partial charge in [-0.3, -0.25) is 4.79 Å². The topological polar surface area (TPSA) is 54.0 Å². The predicted octanol–water partition coefficient (Wildman–Crippen LogP) is 0.793. The highest BCUT2D eigenvalue weighted by Crippen LogP contribution is 2.39. The lowest BCUT2D eigenvalue weighted by molar-refractivity contribution is -0.169. The first-order valence-corrected chi connectivity index (χ1v) is 5.99. The van der Waals surface area contributed by atoms with Crippen LogP contribution in [0.3, 0.4) is 0 Å². The second-order valence-electron chi connectivity index (χ2n) is 4.64. The average Bonchev–Trinajstić information content (AvgIpc) is 3.04. The summed E-state index contributed by atoms with van der Waals surface area (Å²) < 4.78 is 22.2. The lowest BCUT2D eigenvalue weighted by atomic mass is 10.0. The molecule has 3 heterocycles. The Kier molecular flexibility index (Phi) is 2.28. The van der Waals surface area contributed by atoms with Crippen LogP contribution in [0.5, 0.6) is 0 Å². The Balaban J connectivity index is 1.61. The van der Waals surface area contributed by atoms with Crippen LogP contribution in [0, 0.1) is 0 Å². The van der Waals surface area contributed by atoms with Crippen LogP contribution in [0.4, 0.5) is 0 Å². The van der Waals surface area contributed by atoms with Gasteiger partial charge >= 0.3 is 0 Å². The fraction of sp³-hybridized carbons (Fsp3) is 0.462. The number of hydrogen-bond acceptors (Lipinski definition) is 5. The van der Waals surface area contributed by atoms with Crippen LogP contribution in [0.15, 0.2) is 30.3 Å². The largest absolute Gasteiger partial charge is 0.343 e. The van der Waals surface area contributed by atoms with E-state index in [1.165, 1.54) is 0 Å². The van der Waals surface area contributed by atoms with Gasteiger partial charge in [0.2, 0.25) is 12.1 Å². The van der Waals surface area contributed by atoms with Gasteiger partial charge < -0.3 is 18.9 Å². The highest BCUT2D eigenvalue weighted by atomic mass is 16.8. The summed E-state index contributed by atoms with van der Waals surface area (Å²) in [6, 6.07) is 9.59. The van der Waals surface area contributed by atoms with E-state index in [1.807, 2.05) is 30.3 Å². The molecular weight excluding hydrogens is 236 g/mol. The summed E-state index contributed by atoms with van der Waals surface area (Å²) in [4.78, 5) is 12.0. The molecule has 0 spiro atoms. The molecule has 1 unspecified atom stereocenters. The molecule has 0 N–H and O–H groups in total. The number of carbonyl (C=O) groups is 1. The second kappa shape index (κ2) is 3.86. The molecule has 3 aliphatic rings. The molecule has 5 nitrogen and oxygen atoms in total. The van der Waals surface area contributed by atoms with E-state index in [4.69, 9.17) is 18.9 Å². The summed E-state index contributed by atoms with van der Waals surface area (Å²) in [5.74, 6) is -0.174. The molecule has 18 heavy (non-hydrogen) atoms. The summed E-state index contributed by atoms with van der Waals surface area (Å²) >= 11 is 0. The van der Waals surface area contributed by atoms with Gasteiger partial charge in [-0.1, -0.05) is 30.3 Å².